The van der Waals surface area contributed by atoms with Crippen molar-refractivity contribution in [3.63, 3.8) is 0 Å². The van der Waals surface area contributed by atoms with Gasteiger partial charge in [0.1, 0.15) is 11.9 Å². The molecule has 0 spiro atoms. The number of hydrogen-bond donors (Lipinski definition) is 1. The number of allylic oxidation sites excluding steroid dienone is 2. The number of methoxy groups -OCH3 is 1. The lowest BCUT2D eigenvalue weighted by Gasteiger charge is -2.24. The Morgan fingerprint density at radius 2 is 1.90 bits per heavy atom. The molecule has 0 radical (unpaired) electrons. The Morgan fingerprint density at radius 1 is 1.12 bits per heavy atom. The topological polar surface area (TPSA) is 77.4 Å². The van der Waals surface area contributed by atoms with E-state index < -0.39 is 24.0 Å². The van der Waals surface area contributed by atoms with Crippen LogP contribution in [0.15, 0.2) is 89.3 Å². The molecule has 3 aromatic rings. The maximum absolute atomic E-state index is 14.4. The fourth-order valence-electron chi connectivity index (χ4n) is 4.93. The zero-order valence-electron chi connectivity index (χ0n) is 23.5. The summed E-state index contributed by atoms with van der Waals surface area (Å²) in [6, 6.07) is 12.0. The van der Waals surface area contributed by atoms with Crippen LogP contribution in [0.5, 0.6) is 0 Å². The van der Waals surface area contributed by atoms with Crippen LogP contribution in [-0.2, 0) is 20.7 Å². The Morgan fingerprint density at radius 3 is 2.61 bits per heavy atom. The number of halogens is 2. The number of carbonyl (C=O) groups is 2. The Hall–Kier alpha value is -3.78. The monoisotopic (exact) mass is 622 g/mol. The number of aryl methyl sites for hydroxylation is 2. The molecule has 0 aliphatic rings. The molecule has 3 rings (SSSR count). The van der Waals surface area contributed by atoms with E-state index in [1.54, 1.807) is 24.4 Å². The molecule has 2 aromatic carbocycles. The second-order valence-electron chi connectivity index (χ2n) is 9.89. The molecule has 0 unspecified atom stereocenters. The first-order valence-electron chi connectivity index (χ1n) is 13.5. The van der Waals surface area contributed by atoms with E-state index in [9.17, 15) is 18.8 Å². The zero-order chi connectivity index (χ0) is 29.9. The molecule has 1 aromatic heterocycles. The van der Waals surface area contributed by atoms with Crippen molar-refractivity contribution >= 4 is 27.8 Å². The van der Waals surface area contributed by atoms with E-state index in [-0.39, 0.29) is 24.2 Å². The van der Waals surface area contributed by atoms with Crippen LogP contribution >= 0.6 is 15.9 Å². The molecule has 6 nitrogen and oxygen atoms in total. The quantitative estimate of drug-likeness (QED) is 0.117. The van der Waals surface area contributed by atoms with Crippen LogP contribution in [0.25, 0.3) is 11.1 Å². The predicted octanol–water partition coefficient (Wildman–Crippen LogP) is 7.16. The average Bonchev–Trinajstić information content (AvgIpc) is 2.94. The Labute approximate surface area is 249 Å². The standard InChI is InChI=1S/C33H36BrFN2O4/c1-5-7-8-9-12-25-19-27(35)17-22(3)32(25)24-14-10-13-23(18-24)28(20-31(39)41-4)36-33(40)29(11-6-2)37-21-26(34)15-16-30(37)38/h5-6,10,13-19,21,28-29H,1-2,7-9,11-12,20H2,3-4H3,(H,36,40)/t28-,29-/m0/s1. The van der Waals surface area contributed by atoms with Crippen LogP contribution in [0.4, 0.5) is 4.39 Å². The third-order valence-electron chi connectivity index (χ3n) is 6.91. The second kappa shape index (κ2) is 15.3. The lowest BCUT2D eigenvalue weighted by Crippen LogP contribution is -2.39. The van der Waals surface area contributed by atoms with E-state index >= 15 is 0 Å². The molecule has 8 heteroatoms. The van der Waals surface area contributed by atoms with Crippen LogP contribution in [0.3, 0.4) is 0 Å². The molecule has 0 fully saturated rings. The van der Waals surface area contributed by atoms with Crippen molar-refractivity contribution in [1.82, 2.24) is 9.88 Å². The van der Waals surface area contributed by atoms with Gasteiger partial charge in [0.05, 0.1) is 19.6 Å². The number of amides is 1. The summed E-state index contributed by atoms with van der Waals surface area (Å²) < 4.78 is 21.3. The summed E-state index contributed by atoms with van der Waals surface area (Å²) in [5.41, 5.74) is 3.83. The van der Waals surface area contributed by atoms with Crippen molar-refractivity contribution in [2.24, 2.45) is 0 Å². The van der Waals surface area contributed by atoms with Gasteiger partial charge in [0.2, 0.25) is 5.91 Å². The molecular weight excluding hydrogens is 587 g/mol. The number of carbonyl (C=O) groups excluding carboxylic acids is 2. The summed E-state index contributed by atoms with van der Waals surface area (Å²) in [5.74, 6) is -1.22. The normalized spacial score (nSPS) is 12.3. The van der Waals surface area contributed by atoms with E-state index in [0.717, 1.165) is 41.5 Å². The van der Waals surface area contributed by atoms with Gasteiger partial charge < -0.3 is 14.6 Å². The smallest absolute Gasteiger partial charge is 0.307 e. The first-order valence-corrected chi connectivity index (χ1v) is 14.3. The molecule has 0 aliphatic heterocycles. The van der Waals surface area contributed by atoms with Crippen LogP contribution < -0.4 is 10.9 Å². The summed E-state index contributed by atoms with van der Waals surface area (Å²) in [7, 11) is 1.29. The Kier molecular flexibility index (Phi) is 11.8. The summed E-state index contributed by atoms with van der Waals surface area (Å²) in [4.78, 5) is 38.6. The highest BCUT2D eigenvalue weighted by Gasteiger charge is 2.26. The van der Waals surface area contributed by atoms with E-state index in [1.165, 1.54) is 23.8 Å². The highest BCUT2D eigenvalue weighted by Crippen LogP contribution is 2.32. The van der Waals surface area contributed by atoms with Gasteiger partial charge >= 0.3 is 5.97 Å². The number of nitrogens with zero attached hydrogens (tertiary/aromatic N) is 1. The average molecular weight is 624 g/mol. The number of pyridine rings is 1. The van der Waals surface area contributed by atoms with Crippen molar-refractivity contribution in [3.8, 4) is 11.1 Å². The van der Waals surface area contributed by atoms with Gasteiger partial charge in [-0.1, -0.05) is 30.4 Å². The number of benzene rings is 2. The second-order valence-corrected chi connectivity index (χ2v) is 10.8. The SMILES string of the molecule is C=CCCCCc1cc(F)cc(C)c1-c1cccc([C@H](CC(=O)OC)NC(=O)[C@H](CC=C)n2cc(Br)ccc2=O)c1. The minimum Gasteiger partial charge on any atom is -0.469 e. The Balaban J connectivity index is 2.01. The van der Waals surface area contributed by atoms with Gasteiger partial charge in [-0.25, -0.2) is 4.39 Å². The molecule has 0 aliphatic carbocycles. The van der Waals surface area contributed by atoms with Gasteiger partial charge in [-0.3, -0.25) is 14.4 Å². The zero-order valence-corrected chi connectivity index (χ0v) is 25.1. The maximum atomic E-state index is 14.4. The fourth-order valence-corrected chi connectivity index (χ4v) is 5.29. The molecule has 2 atom stereocenters. The third-order valence-corrected chi connectivity index (χ3v) is 7.38. The molecule has 216 valence electrons. The highest BCUT2D eigenvalue weighted by molar-refractivity contribution is 9.10. The maximum Gasteiger partial charge on any atom is 0.307 e. The predicted molar refractivity (Wildman–Crippen MR) is 164 cm³/mol. The van der Waals surface area contributed by atoms with Crippen molar-refractivity contribution in [2.75, 3.05) is 7.11 Å². The Bertz CT molecular complexity index is 1470. The van der Waals surface area contributed by atoms with Gasteiger partial charge in [0.25, 0.3) is 5.56 Å². The van der Waals surface area contributed by atoms with E-state index in [2.05, 4.69) is 34.4 Å². The first kappa shape index (κ1) is 31.7. The molecule has 1 amide bonds. The summed E-state index contributed by atoms with van der Waals surface area (Å²) in [5, 5.41) is 2.96. The minimum atomic E-state index is -0.873. The lowest BCUT2D eigenvalue weighted by molar-refractivity contribution is -0.141. The van der Waals surface area contributed by atoms with Gasteiger partial charge in [-0.05, 0) is 107 Å². The number of nitrogens with one attached hydrogen (secondary N) is 1. The van der Waals surface area contributed by atoms with Gasteiger partial charge in [-0.2, -0.15) is 0 Å². The number of unbranched alkanes of at least 4 members (excludes halogenated alkanes) is 2. The van der Waals surface area contributed by atoms with Crippen LogP contribution in [0.2, 0.25) is 0 Å². The molecule has 0 bridgehead atoms. The van der Waals surface area contributed by atoms with Gasteiger partial charge in [-0.15, -0.1) is 13.2 Å². The molecular formula is C33H36BrFN2O4. The number of ether oxygens (including phenoxy) is 1. The number of hydrogen-bond acceptors (Lipinski definition) is 4. The third kappa shape index (κ3) is 8.60. The molecule has 1 heterocycles. The van der Waals surface area contributed by atoms with E-state index in [4.69, 9.17) is 4.74 Å². The fraction of sp³-hybridized carbons (Fsp3) is 0.303. The molecule has 0 saturated heterocycles. The molecule has 0 saturated carbocycles. The van der Waals surface area contributed by atoms with Crippen LogP contribution in [-0.4, -0.2) is 23.6 Å². The van der Waals surface area contributed by atoms with Crippen molar-refractivity contribution in [1.29, 1.82) is 0 Å². The van der Waals surface area contributed by atoms with Gasteiger partial charge in [0.15, 0.2) is 0 Å². The van der Waals surface area contributed by atoms with Crippen molar-refractivity contribution in [2.45, 2.75) is 57.5 Å². The van der Waals surface area contributed by atoms with E-state index in [0.29, 0.717) is 16.5 Å². The first-order chi connectivity index (χ1) is 19.7. The lowest BCUT2D eigenvalue weighted by atomic mass is 9.90. The summed E-state index contributed by atoms with van der Waals surface area (Å²) in [6.45, 7) is 9.39. The van der Waals surface area contributed by atoms with Gasteiger partial charge in [0, 0.05) is 16.7 Å². The molecule has 41 heavy (non-hydrogen) atoms. The highest BCUT2D eigenvalue weighted by atomic mass is 79.9. The molecule has 1 N–H and O–H groups in total. The van der Waals surface area contributed by atoms with Crippen molar-refractivity contribution in [3.05, 3.63) is 117 Å². The van der Waals surface area contributed by atoms with Crippen LogP contribution in [0.1, 0.15) is 60.9 Å². The largest absolute Gasteiger partial charge is 0.469 e. The number of aromatic nitrogens is 1. The number of esters is 1. The van der Waals surface area contributed by atoms with E-state index in [1.807, 2.05) is 37.3 Å². The minimum absolute atomic E-state index is 0.114. The van der Waals surface area contributed by atoms with Crippen molar-refractivity contribution < 1.29 is 18.7 Å². The summed E-state index contributed by atoms with van der Waals surface area (Å²) in [6.07, 6.45) is 8.55. The van der Waals surface area contributed by atoms with Crippen LogP contribution in [0, 0.1) is 12.7 Å². The number of rotatable bonds is 14. The summed E-state index contributed by atoms with van der Waals surface area (Å²) >= 11 is 3.36.